The Balaban J connectivity index is 0.00000400. The van der Waals surface area contributed by atoms with Gasteiger partial charge in [-0.2, -0.15) is 0 Å². The smallest absolute Gasteiger partial charge is 0.251 e. The summed E-state index contributed by atoms with van der Waals surface area (Å²) in [6.45, 7) is 4.26. The summed E-state index contributed by atoms with van der Waals surface area (Å²) in [5, 5.41) is 9.24. The van der Waals surface area contributed by atoms with Crippen LogP contribution in [0.2, 0.25) is 0 Å². The molecule has 0 fully saturated rings. The first-order valence-corrected chi connectivity index (χ1v) is 7.05. The number of hydrogen-bond donors (Lipinski definition) is 3. The average Bonchev–Trinajstić information content (AvgIpc) is 2.50. The van der Waals surface area contributed by atoms with Crippen LogP contribution in [0.3, 0.4) is 0 Å². The van der Waals surface area contributed by atoms with Gasteiger partial charge in [-0.1, -0.05) is 31.5 Å². The first kappa shape index (κ1) is 19.7. The number of hydrogen-bond acceptors (Lipinski definition) is 2. The van der Waals surface area contributed by atoms with Gasteiger partial charge in [-0.3, -0.25) is 9.79 Å². The number of unbranched alkanes of at least 4 members (excludes halogenated alkanes) is 1. The normalized spacial score (nSPS) is 10.5. The van der Waals surface area contributed by atoms with Crippen LogP contribution in [0, 0.1) is 0 Å². The van der Waals surface area contributed by atoms with Gasteiger partial charge >= 0.3 is 0 Å². The predicted octanol–water partition coefficient (Wildman–Crippen LogP) is 2.00. The first-order valence-electron chi connectivity index (χ1n) is 7.05. The Bertz CT molecular complexity index is 423. The lowest BCUT2D eigenvalue weighted by atomic mass is 10.2. The zero-order chi connectivity index (χ0) is 14.6. The van der Waals surface area contributed by atoms with E-state index in [1.165, 1.54) is 0 Å². The Kier molecular flexibility index (Phi) is 11.7. The van der Waals surface area contributed by atoms with E-state index in [1.807, 2.05) is 18.2 Å². The molecule has 0 spiro atoms. The monoisotopic (exact) mass is 404 g/mol. The van der Waals surface area contributed by atoms with Gasteiger partial charge in [0.05, 0.1) is 0 Å². The minimum atomic E-state index is -0.0543. The summed E-state index contributed by atoms with van der Waals surface area (Å²) in [6, 6.07) is 9.20. The van der Waals surface area contributed by atoms with Gasteiger partial charge in [0.2, 0.25) is 0 Å². The Morgan fingerprint density at radius 3 is 2.29 bits per heavy atom. The van der Waals surface area contributed by atoms with Crippen molar-refractivity contribution >= 4 is 35.8 Å². The van der Waals surface area contributed by atoms with Crippen LogP contribution in [-0.2, 0) is 0 Å². The molecule has 0 heterocycles. The zero-order valence-corrected chi connectivity index (χ0v) is 15.0. The SMILES string of the molecule is CCCCNC(=NC)NCCNC(=O)c1ccccc1.I. The minimum absolute atomic E-state index is 0. The lowest BCUT2D eigenvalue weighted by Crippen LogP contribution is -2.41. The van der Waals surface area contributed by atoms with Gasteiger partial charge in [0.15, 0.2) is 5.96 Å². The third-order valence-electron chi connectivity index (χ3n) is 2.79. The molecule has 0 saturated heterocycles. The van der Waals surface area contributed by atoms with Crippen LogP contribution in [0.4, 0.5) is 0 Å². The number of guanidine groups is 1. The van der Waals surface area contributed by atoms with Gasteiger partial charge in [-0.25, -0.2) is 0 Å². The fourth-order valence-electron chi connectivity index (χ4n) is 1.65. The number of rotatable bonds is 7. The molecular formula is C15H25IN4O. The molecule has 0 aliphatic heterocycles. The average molecular weight is 404 g/mol. The van der Waals surface area contributed by atoms with Gasteiger partial charge in [0.1, 0.15) is 0 Å². The molecular weight excluding hydrogens is 379 g/mol. The van der Waals surface area contributed by atoms with Gasteiger partial charge in [-0.15, -0.1) is 24.0 Å². The Labute approximate surface area is 144 Å². The highest BCUT2D eigenvalue weighted by atomic mass is 127. The fourth-order valence-corrected chi connectivity index (χ4v) is 1.65. The molecule has 1 aromatic rings. The summed E-state index contributed by atoms with van der Waals surface area (Å²) < 4.78 is 0. The molecule has 0 aliphatic rings. The first-order chi connectivity index (χ1) is 9.77. The highest BCUT2D eigenvalue weighted by Crippen LogP contribution is 1.96. The highest BCUT2D eigenvalue weighted by Gasteiger charge is 2.03. The quantitative estimate of drug-likeness (QED) is 0.282. The van der Waals surface area contributed by atoms with Crippen molar-refractivity contribution in [3.63, 3.8) is 0 Å². The lowest BCUT2D eigenvalue weighted by molar-refractivity contribution is 0.0954. The van der Waals surface area contributed by atoms with Crippen LogP contribution in [0.1, 0.15) is 30.1 Å². The van der Waals surface area contributed by atoms with Crippen LogP contribution in [0.5, 0.6) is 0 Å². The minimum Gasteiger partial charge on any atom is -0.356 e. The van der Waals surface area contributed by atoms with E-state index in [-0.39, 0.29) is 29.9 Å². The summed E-state index contributed by atoms with van der Waals surface area (Å²) in [4.78, 5) is 15.9. The predicted molar refractivity (Wildman–Crippen MR) is 98.5 cm³/mol. The van der Waals surface area contributed by atoms with Crippen LogP contribution in [0.25, 0.3) is 0 Å². The molecule has 1 amide bonds. The number of halogens is 1. The summed E-state index contributed by atoms with van der Waals surface area (Å²) in [7, 11) is 1.74. The molecule has 0 aromatic heterocycles. The van der Waals surface area contributed by atoms with E-state index in [4.69, 9.17) is 0 Å². The summed E-state index contributed by atoms with van der Waals surface area (Å²) in [5.41, 5.74) is 0.679. The number of benzene rings is 1. The van der Waals surface area contributed by atoms with Crippen LogP contribution in [0.15, 0.2) is 35.3 Å². The number of aliphatic imine (C=N–C) groups is 1. The van der Waals surface area contributed by atoms with Crippen LogP contribution < -0.4 is 16.0 Å². The molecule has 6 heteroatoms. The molecule has 3 N–H and O–H groups in total. The van der Waals surface area contributed by atoms with Crippen molar-refractivity contribution < 1.29 is 4.79 Å². The zero-order valence-electron chi connectivity index (χ0n) is 12.7. The number of carbonyl (C=O) groups excluding carboxylic acids is 1. The maximum Gasteiger partial charge on any atom is 0.251 e. The second kappa shape index (κ2) is 12.4. The van der Waals surface area contributed by atoms with Crippen molar-refractivity contribution in [1.82, 2.24) is 16.0 Å². The molecule has 1 aromatic carbocycles. The molecule has 0 saturated carbocycles. The maximum absolute atomic E-state index is 11.8. The lowest BCUT2D eigenvalue weighted by Gasteiger charge is -2.12. The molecule has 1 rings (SSSR count). The van der Waals surface area contributed by atoms with E-state index >= 15 is 0 Å². The molecule has 0 unspecified atom stereocenters. The molecule has 21 heavy (non-hydrogen) atoms. The topological polar surface area (TPSA) is 65.5 Å². The Morgan fingerprint density at radius 2 is 1.67 bits per heavy atom. The summed E-state index contributed by atoms with van der Waals surface area (Å²) >= 11 is 0. The van der Waals surface area contributed by atoms with E-state index in [1.54, 1.807) is 19.2 Å². The van der Waals surface area contributed by atoms with Crippen molar-refractivity contribution in [2.45, 2.75) is 19.8 Å². The summed E-state index contributed by atoms with van der Waals surface area (Å²) in [6.07, 6.45) is 2.27. The van der Waals surface area contributed by atoms with Crippen LogP contribution >= 0.6 is 24.0 Å². The van der Waals surface area contributed by atoms with E-state index in [0.29, 0.717) is 18.7 Å². The number of carbonyl (C=O) groups is 1. The molecule has 0 atom stereocenters. The maximum atomic E-state index is 11.8. The van der Waals surface area contributed by atoms with E-state index < -0.39 is 0 Å². The number of amides is 1. The second-order valence-corrected chi connectivity index (χ2v) is 4.40. The van der Waals surface area contributed by atoms with E-state index in [9.17, 15) is 4.79 Å². The Morgan fingerprint density at radius 1 is 1.05 bits per heavy atom. The molecule has 0 aliphatic carbocycles. The van der Waals surface area contributed by atoms with Crippen molar-refractivity contribution in [3.8, 4) is 0 Å². The van der Waals surface area contributed by atoms with Gasteiger partial charge < -0.3 is 16.0 Å². The van der Waals surface area contributed by atoms with Crippen LogP contribution in [-0.4, -0.2) is 38.5 Å². The molecule has 0 bridgehead atoms. The molecule has 0 radical (unpaired) electrons. The van der Waals surface area contributed by atoms with Gasteiger partial charge in [0.25, 0.3) is 5.91 Å². The largest absolute Gasteiger partial charge is 0.356 e. The van der Waals surface area contributed by atoms with Crippen molar-refractivity contribution in [1.29, 1.82) is 0 Å². The summed E-state index contributed by atoms with van der Waals surface area (Å²) in [5.74, 6) is 0.716. The third-order valence-corrected chi connectivity index (χ3v) is 2.79. The van der Waals surface area contributed by atoms with Gasteiger partial charge in [-0.05, 0) is 18.6 Å². The second-order valence-electron chi connectivity index (χ2n) is 4.40. The standard InChI is InChI=1S/C15H24N4O.HI/c1-3-4-10-18-15(16-2)19-12-11-17-14(20)13-8-6-5-7-9-13;/h5-9H,3-4,10-12H2,1-2H3,(H,17,20)(H2,16,18,19);1H. The third kappa shape index (κ3) is 8.54. The molecule has 5 nitrogen and oxygen atoms in total. The fraction of sp³-hybridized carbons (Fsp3) is 0.467. The van der Waals surface area contributed by atoms with Crippen molar-refractivity contribution in [2.75, 3.05) is 26.7 Å². The highest BCUT2D eigenvalue weighted by molar-refractivity contribution is 14.0. The number of nitrogens with zero attached hydrogens (tertiary/aromatic N) is 1. The molecule has 118 valence electrons. The van der Waals surface area contributed by atoms with E-state index in [2.05, 4.69) is 27.9 Å². The van der Waals surface area contributed by atoms with Crippen molar-refractivity contribution in [2.24, 2.45) is 4.99 Å². The van der Waals surface area contributed by atoms with E-state index in [0.717, 1.165) is 25.3 Å². The van der Waals surface area contributed by atoms with Crippen molar-refractivity contribution in [3.05, 3.63) is 35.9 Å². The van der Waals surface area contributed by atoms with Gasteiger partial charge in [0, 0.05) is 32.2 Å². The number of nitrogens with one attached hydrogen (secondary N) is 3. The Hall–Kier alpha value is -1.31.